The molecule has 1 rings (SSSR count). The Morgan fingerprint density at radius 3 is 2.06 bits per heavy atom. The van der Waals surface area contributed by atoms with Gasteiger partial charge in [0.05, 0.1) is 12.2 Å². The first kappa shape index (κ1) is 14.4. The van der Waals surface area contributed by atoms with E-state index in [1.54, 1.807) is 0 Å². The Kier molecular flexibility index (Phi) is 4.19. The quantitative estimate of drug-likeness (QED) is 0.697. The molecule has 5 nitrogen and oxygen atoms in total. The molecule has 1 saturated heterocycles. The highest BCUT2D eigenvalue weighted by atomic mass is 32.2. The Balaban J connectivity index is 2.50. The van der Waals surface area contributed by atoms with E-state index >= 15 is 0 Å². The molecule has 1 heterocycles. The SMILES string of the molecule is CC(C)(C)OC(=O)C1CCN(S(C)(=O)=O)CC1. The van der Waals surface area contributed by atoms with Crippen LogP contribution in [0.15, 0.2) is 0 Å². The van der Waals surface area contributed by atoms with Crippen LogP contribution in [0.4, 0.5) is 0 Å². The minimum atomic E-state index is -3.13. The first-order chi connectivity index (χ1) is 7.59. The summed E-state index contributed by atoms with van der Waals surface area (Å²) in [5.74, 6) is -0.391. The summed E-state index contributed by atoms with van der Waals surface area (Å²) >= 11 is 0. The number of carbonyl (C=O) groups excluding carboxylic acids is 1. The number of hydrogen-bond donors (Lipinski definition) is 0. The zero-order valence-electron chi connectivity index (χ0n) is 10.9. The molecule has 1 aliphatic heterocycles. The number of esters is 1. The topological polar surface area (TPSA) is 63.7 Å². The minimum absolute atomic E-state index is 0.174. The Morgan fingerprint density at radius 1 is 1.24 bits per heavy atom. The fourth-order valence-corrected chi connectivity index (χ4v) is 2.68. The average molecular weight is 263 g/mol. The molecule has 0 aliphatic carbocycles. The molecule has 0 radical (unpaired) electrons. The average Bonchev–Trinajstić information content (AvgIpc) is 2.14. The predicted molar refractivity (Wildman–Crippen MR) is 65.0 cm³/mol. The highest BCUT2D eigenvalue weighted by Crippen LogP contribution is 2.22. The van der Waals surface area contributed by atoms with E-state index in [1.165, 1.54) is 10.6 Å². The van der Waals surface area contributed by atoms with Crippen LogP contribution in [-0.2, 0) is 19.6 Å². The van der Waals surface area contributed by atoms with Crippen LogP contribution in [-0.4, -0.2) is 43.6 Å². The monoisotopic (exact) mass is 263 g/mol. The first-order valence-corrected chi connectivity index (χ1v) is 7.62. The third kappa shape index (κ3) is 4.63. The summed E-state index contributed by atoms with van der Waals surface area (Å²) in [4.78, 5) is 11.8. The Bertz CT molecular complexity index is 375. The van der Waals surface area contributed by atoms with Crippen LogP contribution in [0.1, 0.15) is 33.6 Å². The van der Waals surface area contributed by atoms with Gasteiger partial charge in [-0.1, -0.05) is 0 Å². The number of carbonyl (C=O) groups is 1. The van der Waals surface area contributed by atoms with E-state index in [1.807, 2.05) is 20.8 Å². The molecule has 0 aromatic heterocycles. The second kappa shape index (κ2) is 4.94. The van der Waals surface area contributed by atoms with E-state index in [0.717, 1.165) is 0 Å². The maximum absolute atomic E-state index is 11.8. The smallest absolute Gasteiger partial charge is 0.309 e. The molecular weight excluding hydrogens is 242 g/mol. The summed E-state index contributed by atoms with van der Waals surface area (Å²) in [5, 5.41) is 0. The van der Waals surface area contributed by atoms with Gasteiger partial charge in [0.2, 0.25) is 10.0 Å². The third-order valence-corrected chi connectivity index (χ3v) is 3.97. The molecule has 1 fully saturated rings. The Morgan fingerprint density at radius 2 is 1.71 bits per heavy atom. The highest BCUT2D eigenvalue weighted by Gasteiger charge is 2.31. The lowest BCUT2D eigenvalue weighted by Gasteiger charge is -2.30. The van der Waals surface area contributed by atoms with E-state index in [9.17, 15) is 13.2 Å². The van der Waals surface area contributed by atoms with Gasteiger partial charge in [-0.3, -0.25) is 4.79 Å². The summed E-state index contributed by atoms with van der Waals surface area (Å²) in [6, 6.07) is 0. The van der Waals surface area contributed by atoms with Gasteiger partial charge in [0, 0.05) is 13.1 Å². The molecule has 0 N–H and O–H groups in total. The van der Waals surface area contributed by atoms with E-state index < -0.39 is 15.6 Å². The zero-order chi connectivity index (χ0) is 13.3. The number of nitrogens with zero attached hydrogens (tertiary/aromatic N) is 1. The summed E-state index contributed by atoms with van der Waals surface area (Å²) in [6.45, 7) is 6.30. The molecule has 0 atom stereocenters. The van der Waals surface area contributed by atoms with E-state index in [0.29, 0.717) is 25.9 Å². The van der Waals surface area contributed by atoms with Crippen LogP contribution in [0.2, 0.25) is 0 Å². The van der Waals surface area contributed by atoms with Crippen molar-refractivity contribution in [1.29, 1.82) is 0 Å². The van der Waals surface area contributed by atoms with Gasteiger partial charge in [-0.05, 0) is 33.6 Å². The van der Waals surface area contributed by atoms with Gasteiger partial charge in [-0.2, -0.15) is 0 Å². The summed E-state index contributed by atoms with van der Waals surface area (Å²) in [7, 11) is -3.13. The van der Waals surface area contributed by atoms with Crippen molar-refractivity contribution in [3.8, 4) is 0 Å². The van der Waals surface area contributed by atoms with Gasteiger partial charge in [-0.15, -0.1) is 0 Å². The fraction of sp³-hybridized carbons (Fsp3) is 0.909. The van der Waals surface area contributed by atoms with Crippen LogP contribution >= 0.6 is 0 Å². The molecule has 0 aromatic carbocycles. The summed E-state index contributed by atoms with van der Waals surface area (Å²) < 4.78 is 29.3. The van der Waals surface area contributed by atoms with Crippen molar-refractivity contribution in [2.24, 2.45) is 5.92 Å². The molecule has 6 heteroatoms. The van der Waals surface area contributed by atoms with Gasteiger partial charge in [0.1, 0.15) is 5.60 Å². The van der Waals surface area contributed by atoms with E-state index in [2.05, 4.69) is 0 Å². The van der Waals surface area contributed by atoms with Crippen LogP contribution < -0.4 is 0 Å². The summed E-state index contributed by atoms with van der Waals surface area (Å²) in [5.41, 5.74) is -0.481. The predicted octanol–water partition coefficient (Wildman–Crippen LogP) is 1.000. The van der Waals surface area contributed by atoms with Crippen molar-refractivity contribution < 1.29 is 17.9 Å². The van der Waals surface area contributed by atoms with Crippen molar-refractivity contribution >= 4 is 16.0 Å². The van der Waals surface area contributed by atoms with Crippen molar-refractivity contribution in [1.82, 2.24) is 4.31 Å². The van der Waals surface area contributed by atoms with Crippen LogP contribution in [0.5, 0.6) is 0 Å². The number of rotatable bonds is 2. The van der Waals surface area contributed by atoms with E-state index in [4.69, 9.17) is 4.74 Å². The fourth-order valence-electron chi connectivity index (χ4n) is 1.81. The molecule has 0 saturated carbocycles. The highest BCUT2D eigenvalue weighted by molar-refractivity contribution is 7.88. The molecule has 0 aromatic rings. The first-order valence-electron chi connectivity index (χ1n) is 5.77. The lowest BCUT2D eigenvalue weighted by molar-refractivity contribution is -0.161. The van der Waals surface area contributed by atoms with Crippen molar-refractivity contribution in [2.75, 3.05) is 19.3 Å². The van der Waals surface area contributed by atoms with Gasteiger partial charge in [-0.25, -0.2) is 12.7 Å². The second-order valence-corrected chi connectivity index (χ2v) is 7.45. The van der Waals surface area contributed by atoms with Crippen molar-refractivity contribution in [2.45, 2.75) is 39.2 Å². The van der Waals surface area contributed by atoms with Gasteiger partial charge < -0.3 is 4.74 Å². The maximum Gasteiger partial charge on any atom is 0.309 e. The third-order valence-electron chi connectivity index (χ3n) is 2.66. The van der Waals surface area contributed by atoms with Crippen LogP contribution in [0.25, 0.3) is 0 Å². The number of hydrogen-bond acceptors (Lipinski definition) is 4. The normalized spacial score (nSPS) is 20.2. The lowest BCUT2D eigenvalue weighted by atomic mass is 9.98. The molecule has 0 unspecified atom stereocenters. The maximum atomic E-state index is 11.8. The number of sulfonamides is 1. The Labute approximate surface area is 103 Å². The molecule has 0 spiro atoms. The van der Waals surface area contributed by atoms with Crippen LogP contribution in [0, 0.1) is 5.92 Å². The summed E-state index contributed by atoms with van der Waals surface area (Å²) in [6.07, 6.45) is 2.28. The Hall–Kier alpha value is -0.620. The lowest BCUT2D eigenvalue weighted by Crippen LogP contribution is -2.41. The molecule has 0 amide bonds. The van der Waals surface area contributed by atoms with Crippen molar-refractivity contribution in [3.05, 3.63) is 0 Å². The number of piperidine rings is 1. The van der Waals surface area contributed by atoms with Gasteiger partial charge in [0.15, 0.2) is 0 Å². The molecule has 100 valence electrons. The standard InChI is InChI=1S/C11H21NO4S/c1-11(2,3)16-10(13)9-5-7-12(8-6-9)17(4,14)15/h9H,5-8H2,1-4H3. The zero-order valence-corrected chi connectivity index (χ0v) is 11.7. The molecule has 0 bridgehead atoms. The van der Waals surface area contributed by atoms with E-state index in [-0.39, 0.29) is 11.9 Å². The molecule has 1 aliphatic rings. The second-order valence-electron chi connectivity index (χ2n) is 5.47. The van der Waals surface area contributed by atoms with Crippen LogP contribution in [0.3, 0.4) is 0 Å². The largest absolute Gasteiger partial charge is 0.460 e. The molecule has 17 heavy (non-hydrogen) atoms. The molecular formula is C11H21NO4S. The minimum Gasteiger partial charge on any atom is -0.460 e. The van der Waals surface area contributed by atoms with Gasteiger partial charge >= 0.3 is 5.97 Å². The number of ether oxygens (including phenoxy) is 1. The van der Waals surface area contributed by atoms with Gasteiger partial charge in [0.25, 0.3) is 0 Å². The van der Waals surface area contributed by atoms with Crippen molar-refractivity contribution in [3.63, 3.8) is 0 Å².